The first-order valence-corrected chi connectivity index (χ1v) is 8.33. The van der Waals surface area contributed by atoms with Crippen molar-refractivity contribution in [2.24, 2.45) is 5.92 Å². The van der Waals surface area contributed by atoms with Gasteiger partial charge >= 0.3 is 0 Å². The predicted octanol–water partition coefficient (Wildman–Crippen LogP) is 2.94. The van der Waals surface area contributed by atoms with Crippen molar-refractivity contribution in [3.8, 4) is 5.75 Å². The normalized spacial score (nSPS) is 22.7. The number of Topliss-reactive ketones (excluding diaryl/α,β-unsaturated/α-hetero) is 1. The third kappa shape index (κ3) is 2.38. The minimum absolute atomic E-state index is 0.184. The summed E-state index contributed by atoms with van der Waals surface area (Å²) in [6.07, 6.45) is 2.95. The van der Waals surface area contributed by atoms with E-state index in [1.54, 1.807) is 4.68 Å². The Morgan fingerprint density at radius 1 is 1.38 bits per heavy atom. The Labute approximate surface area is 140 Å². The van der Waals surface area contributed by atoms with Gasteiger partial charge in [-0.25, -0.2) is 4.68 Å². The summed E-state index contributed by atoms with van der Waals surface area (Å²) in [5.41, 5.74) is 2.77. The molecule has 1 aliphatic carbocycles. The Kier molecular flexibility index (Phi) is 3.59. The number of fused-ring (bicyclic) bond motifs is 1. The molecule has 0 bridgehead atoms. The zero-order chi connectivity index (χ0) is 16.7. The molecule has 0 saturated heterocycles. The zero-order valence-corrected chi connectivity index (χ0v) is 13.8. The molecule has 6 nitrogen and oxygen atoms in total. The second-order valence-electron chi connectivity index (χ2n) is 6.39. The largest absolute Gasteiger partial charge is 0.494 e. The van der Waals surface area contributed by atoms with Crippen LogP contribution in [0.1, 0.15) is 38.3 Å². The molecule has 1 aliphatic heterocycles. The van der Waals surface area contributed by atoms with Crippen molar-refractivity contribution in [1.82, 2.24) is 14.8 Å². The standard InChI is InChI=1S/C18H20N4O2/c1-3-24-13-6-4-5-12(9-13)17-16-14(7-11(2)8-15(16)23)21-18-19-10-20-22(17)18/h4-6,9-11,17H,3,7-8H2,1-2H3,(H,19,20,21)/t11-,17-/m1/s1. The number of ketones is 1. The number of nitrogens with zero attached hydrogens (tertiary/aromatic N) is 3. The molecule has 1 aromatic heterocycles. The van der Waals surface area contributed by atoms with E-state index in [-0.39, 0.29) is 11.8 Å². The van der Waals surface area contributed by atoms with Crippen molar-refractivity contribution < 1.29 is 9.53 Å². The van der Waals surface area contributed by atoms with Gasteiger partial charge in [0.25, 0.3) is 0 Å². The number of carbonyl (C=O) groups excluding carboxylic acids is 1. The molecule has 1 aromatic carbocycles. The summed E-state index contributed by atoms with van der Waals surface area (Å²) in [4.78, 5) is 17.1. The van der Waals surface area contributed by atoms with Gasteiger partial charge in [0.15, 0.2) is 5.78 Å². The van der Waals surface area contributed by atoms with Crippen molar-refractivity contribution in [2.45, 2.75) is 32.7 Å². The van der Waals surface area contributed by atoms with Crippen molar-refractivity contribution in [1.29, 1.82) is 0 Å². The Morgan fingerprint density at radius 3 is 3.08 bits per heavy atom. The van der Waals surface area contributed by atoms with E-state index in [0.717, 1.165) is 29.0 Å². The van der Waals surface area contributed by atoms with E-state index in [4.69, 9.17) is 4.74 Å². The summed E-state index contributed by atoms with van der Waals surface area (Å²) in [5.74, 6) is 2.01. The molecular weight excluding hydrogens is 304 g/mol. The second-order valence-corrected chi connectivity index (χ2v) is 6.39. The first-order chi connectivity index (χ1) is 11.7. The topological polar surface area (TPSA) is 69.0 Å². The smallest absolute Gasteiger partial charge is 0.226 e. The third-order valence-electron chi connectivity index (χ3n) is 4.55. The predicted molar refractivity (Wildman–Crippen MR) is 89.8 cm³/mol. The first-order valence-electron chi connectivity index (χ1n) is 8.33. The van der Waals surface area contributed by atoms with Gasteiger partial charge in [0.1, 0.15) is 18.1 Å². The van der Waals surface area contributed by atoms with Crippen molar-refractivity contribution in [3.05, 3.63) is 47.4 Å². The summed E-state index contributed by atoms with van der Waals surface area (Å²) in [5, 5.41) is 7.65. The monoisotopic (exact) mass is 324 g/mol. The number of rotatable bonds is 3. The lowest BCUT2D eigenvalue weighted by Gasteiger charge is -2.34. The molecule has 0 fully saturated rings. The first kappa shape index (κ1) is 14.9. The maximum absolute atomic E-state index is 12.8. The molecule has 0 amide bonds. The average molecular weight is 324 g/mol. The lowest BCUT2D eigenvalue weighted by atomic mass is 9.81. The number of allylic oxidation sites excluding steroid dienone is 2. The number of benzene rings is 1. The van der Waals surface area contributed by atoms with Gasteiger partial charge in [-0.05, 0) is 37.0 Å². The highest BCUT2D eigenvalue weighted by Gasteiger charge is 2.37. The lowest BCUT2D eigenvalue weighted by Crippen LogP contribution is -2.33. The Morgan fingerprint density at radius 2 is 2.25 bits per heavy atom. The van der Waals surface area contributed by atoms with E-state index in [1.165, 1.54) is 6.33 Å². The molecule has 4 rings (SSSR count). The summed E-state index contributed by atoms with van der Waals surface area (Å²) in [7, 11) is 0. The van der Waals surface area contributed by atoms with Crippen LogP contribution in [0.2, 0.25) is 0 Å². The van der Waals surface area contributed by atoms with Gasteiger partial charge in [0.2, 0.25) is 5.95 Å². The van der Waals surface area contributed by atoms with Crippen LogP contribution < -0.4 is 10.1 Å². The molecule has 2 aliphatic rings. The van der Waals surface area contributed by atoms with Gasteiger partial charge in [-0.15, -0.1) is 0 Å². The van der Waals surface area contributed by atoms with Gasteiger partial charge in [-0.1, -0.05) is 19.1 Å². The molecule has 2 aromatic rings. The van der Waals surface area contributed by atoms with E-state index in [9.17, 15) is 4.79 Å². The summed E-state index contributed by atoms with van der Waals surface area (Å²) in [6, 6.07) is 7.63. The van der Waals surface area contributed by atoms with Crippen LogP contribution >= 0.6 is 0 Å². The van der Waals surface area contributed by atoms with E-state index in [0.29, 0.717) is 24.9 Å². The van der Waals surface area contributed by atoms with Crippen LogP contribution in [0.4, 0.5) is 5.95 Å². The number of ether oxygens (including phenoxy) is 1. The minimum atomic E-state index is -0.251. The maximum Gasteiger partial charge on any atom is 0.226 e. The lowest BCUT2D eigenvalue weighted by molar-refractivity contribution is -0.117. The number of nitrogens with one attached hydrogen (secondary N) is 1. The Bertz CT molecular complexity index is 824. The fraction of sp³-hybridized carbons (Fsp3) is 0.389. The van der Waals surface area contributed by atoms with Gasteiger partial charge in [0.05, 0.1) is 6.61 Å². The Hall–Kier alpha value is -2.63. The molecule has 0 unspecified atom stereocenters. The van der Waals surface area contributed by atoms with Crippen LogP contribution in [0, 0.1) is 5.92 Å². The van der Waals surface area contributed by atoms with Gasteiger partial charge in [-0.3, -0.25) is 4.79 Å². The van der Waals surface area contributed by atoms with Crippen molar-refractivity contribution in [3.63, 3.8) is 0 Å². The third-order valence-corrected chi connectivity index (χ3v) is 4.55. The molecule has 124 valence electrons. The number of hydrogen-bond donors (Lipinski definition) is 1. The van der Waals surface area contributed by atoms with E-state index in [2.05, 4.69) is 22.3 Å². The van der Waals surface area contributed by atoms with Crippen LogP contribution in [0.3, 0.4) is 0 Å². The quantitative estimate of drug-likeness (QED) is 0.940. The van der Waals surface area contributed by atoms with E-state index >= 15 is 0 Å². The summed E-state index contributed by atoms with van der Waals surface area (Å²) in [6.45, 7) is 4.67. The van der Waals surface area contributed by atoms with Gasteiger partial charge in [-0.2, -0.15) is 10.1 Å². The molecule has 24 heavy (non-hydrogen) atoms. The average Bonchev–Trinajstić information content (AvgIpc) is 3.01. The maximum atomic E-state index is 12.8. The fourth-order valence-corrected chi connectivity index (χ4v) is 3.60. The summed E-state index contributed by atoms with van der Waals surface area (Å²) < 4.78 is 7.41. The SMILES string of the molecule is CCOc1cccc([C@@H]2C3=C(C[C@@H](C)CC3=O)Nc3ncnn32)c1. The van der Waals surface area contributed by atoms with Crippen LogP contribution in [0.25, 0.3) is 0 Å². The van der Waals surface area contributed by atoms with E-state index < -0.39 is 0 Å². The highest BCUT2D eigenvalue weighted by atomic mass is 16.5. The molecule has 1 N–H and O–H groups in total. The number of anilines is 1. The highest BCUT2D eigenvalue weighted by Crippen LogP contribution is 2.41. The molecular formula is C18H20N4O2. The number of carbonyl (C=O) groups is 1. The molecule has 2 atom stereocenters. The summed E-state index contributed by atoms with van der Waals surface area (Å²) >= 11 is 0. The zero-order valence-electron chi connectivity index (χ0n) is 13.8. The van der Waals surface area contributed by atoms with Crippen LogP contribution in [-0.2, 0) is 4.79 Å². The highest BCUT2D eigenvalue weighted by molar-refractivity contribution is 5.99. The second kappa shape index (κ2) is 5.78. The molecule has 0 spiro atoms. The molecule has 2 heterocycles. The molecule has 0 radical (unpaired) electrons. The van der Waals surface area contributed by atoms with Gasteiger partial charge in [0, 0.05) is 17.7 Å². The van der Waals surface area contributed by atoms with Crippen LogP contribution in [-0.4, -0.2) is 27.2 Å². The van der Waals surface area contributed by atoms with Crippen molar-refractivity contribution >= 4 is 11.7 Å². The Balaban J connectivity index is 1.85. The van der Waals surface area contributed by atoms with Crippen molar-refractivity contribution in [2.75, 3.05) is 11.9 Å². The fourth-order valence-electron chi connectivity index (χ4n) is 3.60. The minimum Gasteiger partial charge on any atom is -0.494 e. The van der Waals surface area contributed by atoms with Crippen LogP contribution in [0.5, 0.6) is 5.75 Å². The molecule has 0 saturated carbocycles. The molecule has 6 heteroatoms. The van der Waals surface area contributed by atoms with Crippen LogP contribution in [0.15, 0.2) is 41.9 Å². The van der Waals surface area contributed by atoms with E-state index in [1.807, 2.05) is 31.2 Å². The van der Waals surface area contributed by atoms with Gasteiger partial charge < -0.3 is 10.1 Å². The number of hydrogen-bond acceptors (Lipinski definition) is 5. The number of aromatic nitrogens is 3.